The Morgan fingerprint density at radius 1 is 1.04 bits per heavy atom. The number of esters is 1. The number of carbonyl (C=O) groups excluding carboxylic acids is 2. The van der Waals surface area contributed by atoms with Crippen LogP contribution in [0.4, 0.5) is 10.5 Å². The van der Waals surface area contributed by atoms with E-state index >= 15 is 0 Å². The highest BCUT2D eigenvalue weighted by Gasteiger charge is 2.45. The van der Waals surface area contributed by atoms with Crippen molar-refractivity contribution in [2.24, 2.45) is 0 Å². The lowest BCUT2D eigenvalue weighted by Crippen LogP contribution is -2.59. The summed E-state index contributed by atoms with van der Waals surface area (Å²) >= 11 is 6.47. The lowest BCUT2D eigenvalue weighted by atomic mass is 9.99. The molecule has 0 bridgehead atoms. The van der Waals surface area contributed by atoms with Crippen LogP contribution in [-0.2, 0) is 25.6 Å². The summed E-state index contributed by atoms with van der Waals surface area (Å²) in [6.07, 6.45) is -1.15. The van der Waals surface area contributed by atoms with Crippen molar-refractivity contribution in [3.8, 4) is 11.5 Å². The number of rotatable bonds is 12. The molecule has 4 N–H and O–H groups in total. The third kappa shape index (κ3) is 11.2. The van der Waals surface area contributed by atoms with Crippen molar-refractivity contribution in [1.29, 1.82) is 0 Å². The smallest absolute Gasteiger partial charge is 0.412 e. The summed E-state index contributed by atoms with van der Waals surface area (Å²) in [5.41, 5.74) is 0.627. The number of aliphatic hydroxyl groups is 3. The van der Waals surface area contributed by atoms with E-state index in [1.807, 2.05) is 0 Å². The molecule has 0 aromatic heterocycles. The predicted molar refractivity (Wildman–Crippen MR) is 172 cm³/mol. The maximum Gasteiger partial charge on any atom is 0.412 e. The van der Waals surface area contributed by atoms with Crippen LogP contribution in [-0.4, -0.2) is 109 Å². The number of benzene rings is 2. The second-order valence-corrected chi connectivity index (χ2v) is 17.4. The number of nitrogens with one attached hydrogen (secondary N) is 1. The summed E-state index contributed by atoms with van der Waals surface area (Å²) < 4.78 is 33.2. The molecule has 252 valence electrons. The van der Waals surface area contributed by atoms with Crippen LogP contribution in [0, 0.1) is 0 Å². The standard InChI is InChI=1S/C31H44ClNO11S/c1-31(2,3)44-30(38)33-20-10-8-9-18(13-20)16-41-27-21(32)14-19(15-22(27)39-4)28(37)42-17-23-24(34)25(35)26(36)29(43-23)40-11-12-45(5,6)7/h8-10,13-15,23-26,29,34-36H,11-12,16-17H2,1-7H3,(H,33,38)/t23?,24-,25+,26-,29-/m1/s1. The number of aliphatic hydroxyl groups excluding tert-OH is 3. The normalized spacial score (nSPS) is 22.3. The highest BCUT2D eigenvalue weighted by molar-refractivity contribution is 8.32. The Balaban J connectivity index is 1.62. The first-order chi connectivity index (χ1) is 21.0. The van der Waals surface area contributed by atoms with Gasteiger partial charge in [0.25, 0.3) is 0 Å². The lowest BCUT2D eigenvalue weighted by molar-refractivity contribution is -0.299. The minimum atomic E-state index is -1.56. The maximum atomic E-state index is 12.9. The molecule has 1 aliphatic heterocycles. The van der Waals surface area contributed by atoms with Gasteiger partial charge in [-0.15, -0.1) is 0 Å². The fraction of sp³-hybridized carbons (Fsp3) is 0.548. The van der Waals surface area contributed by atoms with E-state index in [1.165, 1.54) is 19.2 Å². The Hall–Kier alpha value is -2.78. The van der Waals surface area contributed by atoms with E-state index in [-0.39, 0.29) is 35.3 Å². The minimum absolute atomic E-state index is 0.0413. The topological polar surface area (TPSA) is 162 Å². The SMILES string of the molecule is COc1cc(C(=O)OCC2O[C@@H](OCCS(C)(C)C)[C@H](O)[C@@H](O)[C@@H]2O)cc(Cl)c1OCc1cccc(NC(=O)OC(C)(C)C)c1. The first-order valence-corrected chi connectivity index (χ1v) is 17.6. The molecule has 1 unspecified atom stereocenters. The Labute approximate surface area is 270 Å². The molecule has 2 aromatic carbocycles. The molecule has 0 saturated carbocycles. The van der Waals surface area contributed by atoms with E-state index in [0.29, 0.717) is 11.3 Å². The van der Waals surface area contributed by atoms with Crippen molar-refractivity contribution < 1.29 is 53.3 Å². The summed E-state index contributed by atoms with van der Waals surface area (Å²) in [4.78, 5) is 25.0. The van der Waals surface area contributed by atoms with Gasteiger partial charge in [-0.3, -0.25) is 5.32 Å². The lowest BCUT2D eigenvalue weighted by Gasteiger charge is -2.40. The second-order valence-electron chi connectivity index (χ2n) is 12.4. The molecule has 1 heterocycles. The van der Waals surface area contributed by atoms with E-state index in [0.717, 1.165) is 5.75 Å². The molecule has 3 rings (SSSR count). The molecule has 0 radical (unpaired) electrons. The fourth-order valence-electron chi connectivity index (χ4n) is 4.14. The Morgan fingerprint density at radius 3 is 2.40 bits per heavy atom. The third-order valence-electron chi connectivity index (χ3n) is 6.45. The summed E-state index contributed by atoms with van der Waals surface area (Å²) in [7, 11) is 0.523. The van der Waals surface area contributed by atoms with E-state index in [2.05, 4.69) is 24.1 Å². The number of anilines is 1. The van der Waals surface area contributed by atoms with E-state index in [4.69, 9.17) is 40.0 Å². The largest absolute Gasteiger partial charge is 0.493 e. The Kier molecular flexibility index (Phi) is 12.8. The molecule has 1 fully saturated rings. The monoisotopic (exact) mass is 673 g/mol. The van der Waals surface area contributed by atoms with Crippen LogP contribution >= 0.6 is 21.6 Å². The highest BCUT2D eigenvalue weighted by atomic mass is 35.5. The predicted octanol–water partition coefficient (Wildman–Crippen LogP) is 3.95. The Bertz CT molecular complexity index is 1310. The van der Waals surface area contributed by atoms with Gasteiger partial charge in [-0.2, -0.15) is 0 Å². The van der Waals surface area contributed by atoms with Crippen molar-refractivity contribution in [2.45, 2.75) is 63.7 Å². The van der Waals surface area contributed by atoms with E-state index in [1.54, 1.807) is 45.0 Å². The summed E-state index contributed by atoms with van der Waals surface area (Å²) in [6.45, 7) is 5.23. The van der Waals surface area contributed by atoms with Crippen molar-refractivity contribution in [3.63, 3.8) is 0 Å². The van der Waals surface area contributed by atoms with Crippen LogP contribution in [0.1, 0.15) is 36.7 Å². The zero-order chi connectivity index (χ0) is 33.5. The summed E-state index contributed by atoms with van der Waals surface area (Å²) in [5.74, 6) is 0.298. The number of ether oxygens (including phenoxy) is 6. The number of amides is 1. The molecule has 14 heteroatoms. The quantitative estimate of drug-likeness (QED) is 0.241. The fourth-order valence-corrected chi connectivity index (χ4v) is 5.00. The minimum Gasteiger partial charge on any atom is -0.493 e. The number of methoxy groups -OCH3 is 1. The average molecular weight is 674 g/mol. The molecule has 45 heavy (non-hydrogen) atoms. The first kappa shape index (κ1) is 36.7. The number of hydrogen-bond acceptors (Lipinski definition) is 11. The van der Waals surface area contributed by atoms with Gasteiger partial charge in [0.1, 0.15) is 43.2 Å². The number of hydrogen-bond donors (Lipinski definition) is 4. The van der Waals surface area contributed by atoms with Gasteiger partial charge in [-0.25, -0.2) is 19.6 Å². The molecule has 1 saturated heterocycles. The van der Waals surface area contributed by atoms with Crippen LogP contribution in [0.5, 0.6) is 11.5 Å². The van der Waals surface area contributed by atoms with Crippen LogP contribution in [0.25, 0.3) is 0 Å². The van der Waals surface area contributed by atoms with Crippen molar-refractivity contribution in [3.05, 3.63) is 52.5 Å². The molecule has 0 aliphatic carbocycles. The van der Waals surface area contributed by atoms with E-state index < -0.39 is 65.0 Å². The van der Waals surface area contributed by atoms with Crippen LogP contribution < -0.4 is 14.8 Å². The average Bonchev–Trinajstić information content (AvgIpc) is 2.93. The van der Waals surface area contributed by atoms with Gasteiger partial charge in [0, 0.05) is 11.4 Å². The van der Waals surface area contributed by atoms with Crippen molar-refractivity contribution >= 4 is 39.4 Å². The van der Waals surface area contributed by atoms with Crippen molar-refractivity contribution in [2.75, 3.05) is 50.2 Å². The van der Waals surface area contributed by atoms with Gasteiger partial charge in [-0.05, 0) is 69.4 Å². The summed E-state index contributed by atoms with van der Waals surface area (Å²) in [5, 5.41) is 33.8. The third-order valence-corrected chi connectivity index (χ3v) is 8.12. The van der Waals surface area contributed by atoms with Gasteiger partial charge >= 0.3 is 12.1 Å². The van der Waals surface area contributed by atoms with Crippen LogP contribution in [0.15, 0.2) is 36.4 Å². The van der Waals surface area contributed by atoms with Gasteiger partial charge < -0.3 is 43.7 Å². The molecule has 5 atom stereocenters. The van der Waals surface area contributed by atoms with Gasteiger partial charge in [0.05, 0.1) is 24.3 Å². The summed E-state index contributed by atoms with van der Waals surface area (Å²) in [6, 6.07) is 9.71. The molecule has 1 aliphatic rings. The van der Waals surface area contributed by atoms with Gasteiger partial charge in [0.15, 0.2) is 17.8 Å². The van der Waals surface area contributed by atoms with Crippen molar-refractivity contribution in [1.82, 2.24) is 0 Å². The maximum absolute atomic E-state index is 12.9. The molecular formula is C31H44ClNO11S. The van der Waals surface area contributed by atoms with Gasteiger partial charge in [0.2, 0.25) is 0 Å². The van der Waals surface area contributed by atoms with Crippen LogP contribution in [0.3, 0.4) is 0 Å². The second kappa shape index (κ2) is 15.7. The number of carbonyl (C=O) groups is 2. The number of halogens is 1. The Morgan fingerprint density at radius 2 is 1.76 bits per heavy atom. The first-order valence-electron chi connectivity index (χ1n) is 14.2. The molecule has 0 spiro atoms. The molecule has 12 nitrogen and oxygen atoms in total. The van der Waals surface area contributed by atoms with E-state index in [9.17, 15) is 24.9 Å². The van der Waals surface area contributed by atoms with Gasteiger partial charge in [-0.1, -0.05) is 23.7 Å². The van der Waals surface area contributed by atoms with Crippen LogP contribution in [0.2, 0.25) is 5.02 Å². The zero-order valence-corrected chi connectivity index (χ0v) is 28.1. The molecule has 1 amide bonds. The molecule has 2 aromatic rings. The zero-order valence-electron chi connectivity index (χ0n) is 26.6. The molecular weight excluding hydrogens is 630 g/mol. The highest BCUT2D eigenvalue weighted by Crippen LogP contribution is 2.38.